The molecular formula is C19H16N8O. The van der Waals surface area contributed by atoms with Gasteiger partial charge >= 0.3 is 0 Å². The summed E-state index contributed by atoms with van der Waals surface area (Å²) in [4.78, 5) is 28.7. The zero-order valence-corrected chi connectivity index (χ0v) is 14.6. The number of carbonyl (C=O) groups excluding carboxylic acids is 1. The van der Waals surface area contributed by atoms with Gasteiger partial charge in [0.25, 0.3) is 5.91 Å². The third kappa shape index (κ3) is 3.49. The number of benzene rings is 1. The Balaban J connectivity index is 1.54. The van der Waals surface area contributed by atoms with Crippen LogP contribution in [0.2, 0.25) is 0 Å². The lowest BCUT2D eigenvalue weighted by Crippen LogP contribution is -2.31. The summed E-state index contributed by atoms with van der Waals surface area (Å²) in [5, 5.41) is 4.13. The van der Waals surface area contributed by atoms with E-state index in [1.807, 2.05) is 30.3 Å². The Morgan fingerprint density at radius 1 is 0.857 bits per heavy atom. The van der Waals surface area contributed by atoms with E-state index in [-0.39, 0.29) is 17.2 Å². The molecular weight excluding hydrogens is 356 g/mol. The van der Waals surface area contributed by atoms with E-state index in [0.29, 0.717) is 5.82 Å². The molecule has 4 rings (SSSR count). The Kier molecular flexibility index (Phi) is 4.62. The van der Waals surface area contributed by atoms with Gasteiger partial charge in [-0.1, -0.05) is 12.1 Å². The van der Waals surface area contributed by atoms with E-state index in [4.69, 9.17) is 5.73 Å². The van der Waals surface area contributed by atoms with Gasteiger partial charge in [-0.05, 0) is 36.4 Å². The van der Waals surface area contributed by atoms with E-state index in [1.54, 1.807) is 24.4 Å². The van der Waals surface area contributed by atoms with Gasteiger partial charge in [-0.25, -0.2) is 9.97 Å². The lowest BCUT2D eigenvalue weighted by molar-refractivity contribution is 0.0957. The number of fused-ring (bicyclic) bond motifs is 1. The highest BCUT2D eigenvalue weighted by molar-refractivity contribution is 5.95. The smallest absolute Gasteiger partial charge is 0.288 e. The van der Waals surface area contributed by atoms with Crippen LogP contribution in [0.1, 0.15) is 10.5 Å². The molecule has 3 aromatic heterocycles. The van der Waals surface area contributed by atoms with Crippen LogP contribution in [0.15, 0.2) is 67.3 Å². The summed E-state index contributed by atoms with van der Waals surface area (Å²) < 4.78 is 0. The van der Waals surface area contributed by atoms with Gasteiger partial charge in [0.2, 0.25) is 0 Å². The lowest BCUT2D eigenvalue weighted by Gasteiger charge is -2.14. The summed E-state index contributed by atoms with van der Waals surface area (Å²) in [6, 6.07) is 14.6. The van der Waals surface area contributed by atoms with Crippen LogP contribution in [0.25, 0.3) is 10.9 Å². The fourth-order valence-electron chi connectivity index (χ4n) is 2.61. The molecule has 0 bridgehead atoms. The van der Waals surface area contributed by atoms with Crippen LogP contribution in [-0.2, 0) is 0 Å². The second-order valence-electron chi connectivity index (χ2n) is 5.78. The monoisotopic (exact) mass is 372 g/mol. The van der Waals surface area contributed by atoms with Gasteiger partial charge < -0.3 is 11.1 Å². The van der Waals surface area contributed by atoms with Gasteiger partial charge in [-0.3, -0.25) is 25.6 Å². The number of carbonyl (C=O) groups is 1. The molecule has 0 saturated carbocycles. The number of nitrogens with zero attached hydrogens (tertiary/aromatic N) is 4. The van der Waals surface area contributed by atoms with E-state index >= 15 is 0 Å². The van der Waals surface area contributed by atoms with Gasteiger partial charge in [0, 0.05) is 23.5 Å². The molecule has 0 aliphatic rings. The molecule has 0 fully saturated rings. The van der Waals surface area contributed by atoms with Crippen molar-refractivity contribution in [3.8, 4) is 0 Å². The Labute approximate surface area is 160 Å². The van der Waals surface area contributed by atoms with Gasteiger partial charge in [-0.2, -0.15) is 0 Å². The number of amides is 1. The fourth-order valence-corrected chi connectivity index (χ4v) is 2.61. The Bertz CT molecular complexity index is 1130. The van der Waals surface area contributed by atoms with E-state index in [9.17, 15) is 4.79 Å². The molecule has 3 heterocycles. The highest BCUT2D eigenvalue weighted by atomic mass is 16.2. The van der Waals surface area contributed by atoms with Gasteiger partial charge in [0.1, 0.15) is 17.7 Å². The number of hydrogen-bond acceptors (Lipinski definition) is 8. The topological polar surface area (TPSA) is 131 Å². The Morgan fingerprint density at radius 2 is 1.71 bits per heavy atom. The quantitative estimate of drug-likeness (QED) is 0.393. The number of hydrazine groups is 1. The minimum atomic E-state index is -0.409. The molecule has 4 aromatic rings. The molecule has 0 spiro atoms. The number of anilines is 4. The van der Waals surface area contributed by atoms with Crippen molar-refractivity contribution >= 4 is 39.8 Å². The molecule has 0 aliphatic heterocycles. The van der Waals surface area contributed by atoms with Crippen molar-refractivity contribution in [1.29, 1.82) is 0 Å². The zero-order valence-electron chi connectivity index (χ0n) is 14.6. The highest BCUT2D eigenvalue weighted by Crippen LogP contribution is 2.29. The van der Waals surface area contributed by atoms with Gasteiger partial charge in [-0.15, -0.1) is 0 Å². The highest BCUT2D eigenvalue weighted by Gasteiger charge is 2.12. The molecule has 0 aliphatic carbocycles. The fraction of sp³-hybridized carbons (Fsp3) is 0. The van der Waals surface area contributed by atoms with Crippen molar-refractivity contribution in [2.75, 3.05) is 16.5 Å². The number of nitrogens with one attached hydrogen (secondary N) is 3. The second kappa shape index (κ2) is 7.54. The standard InChI is InChI=1S/C19H16N8O/c20-16-17(25-14-8-3-7-13-12(14)5-4-10-21-13)23-11-24-18(16)26-27-19(28)15-6-1-2-9-22-15/h1-11H,20H2,(H,27,28)(H2,23,24,25,26). The summed E-state index contributed by atoms with van der Waals surface area (Å²) in [7, 11) is 0. The largest absolute Gasteiger partial charge is 0.393 e. The lowest BCUT2D eigenvalue weighted by atomic mass is 10.2. The number of aromatic nitrogens is 4. The zero-order chi connectivity index (χ0) is 19.3. The minimum Gasteiger partial charge on any atom is -0.393 e. The van der Waals surface area contributed by atoms with Crippen LogP contribution in [-0.4, -0.2) is 25.8 Å². The molecule has 5 N–H and O–H groups in total. The molecule has 0 saturated heterocycles. The molecule has 9 nitrogen and oxygen atoms in total. The normalized spacial score (nSPS) is 10.4. The Hall–Kier alpha value is -4.27. The predicted molar refractivity (Wildman–Crippen MR) is 107 cm³/mol. The van der Waals surface area contributed by atoms with E-state index in [1.165, 1.54) is 12.5 Å². The van der Waals surface area contributed by atoms with Crippen molar-refractivity contribution in [2.45, 2.75) is 0 Å². The van der Waals surface area contributed by atoms with Crippen LogP contribution in [0.4, 0.5) is 23.0 Å². The number of rotatable bonds is 5. The molecule has 138 valence electrons. The summed E-state index contributed by atoms with van der Waals surface area (Å²) in [6.07, 6.45) is 4.61. The number of nitrogen functional groups attached to an aromatic ring is 1. The maximum Gasteiger partial charge on any atom is 0.288 e. The average Bonchev–Trinajstić information content (AvgIpc) is 2.75. The first-order chi connectivity index (χ1) is 13.7. The van der Waals surface area contributed by atoms with Crippen LogP contribution in [0, 0.1) is 0 Å². The summed E-state index contributed by atoms with van der Waals surface area (Å²) in [5.74, 6) is 0.259. The molecule has 1 amide bonds. The third-order valence-corrected chi connectivity index (χ3v) is 3.97. The maximum absolute atomic E-state index is 12.1. The minimum absolute atomic E-state index is 0.254. The molecule has 0 atom stereocenters. The van der Waals surface area contributed by atoms with Crippen LogP contribution >= 0.6 is 0 Å². The SMILES string of the molecule is Nc1c(NNC(=O)c2ccccn2)ncnc1Nc1cccc2ncccc12. The maximum atomic E-state index is 12.1. The second-order valence-corrected chi connectivity index (χ2v) is 5.78. The van der Waals surface area contributed by atoms with Crippen LogP contribution in [0.5, 0.6) is 0 Å². The molecule has 0 unspecified atom stereocenters. The number of hydrogen-bond donors (Lipinski definition) is 4. The first-order valence-electron chi connectivity index (χ1n) is 8.41. The van der Waals surface area contributed by atoms with Crippen LogP contribution in [0.3, 0.4) is 0 Å². The molecule has 28 heavy (non-hydrogen) atoms. The van der Waals surface area contributed by atoms with Gasteiger partial charge in [0.05, 0.1) is 5.52 Å². The summed E-state index contributed by atoms with van der Waals surface area (Å²) >= 11 is 0. The third-order valence-electron chi connectivity index (χ3n) is 3.97. The van der Waals surface area contributed by atoms with Crippen molar-refractivity contribution in [1.82, 2.24) is 25.4 Å². The number of nitrogens with two attached hydrogens (primary N) is 1. The predicted octanol–water partition coefficient (Wildman–Crippen LogP) is 2.50. The van der Waals surface area contributed by atoms with E-state index in [2.05, 4.69) is 36.1 Å². The first-order valence-corrected chi connectivity index (χ1v) is 8.41. The summed E-state index contributed by atoms with van der Waals surface area (Å²) in [6.45, 7) is 0. The van der Waals surface area contributed by atoms with Crippen LogP contribution < -0.4 is 21.9 Å². The van der Waals surface area contributed by atoms with Gasteiger partial charge in [0.15, 0.2) is 11.6 Å². The molecule has 1 aromatic carbocycles. The first kappa shape index (κ1) is 17.2. The summed E-state index contributed by atoms with van der Waals surface area (Å²) in [5.41, 5.74) is 13.6. The molecule has 0 radical (unpaired) electrons. The van der Waals surface area contributed by atoms with Crippen molar-refractivity contribution in [2.24, 2.45) is 0 Å². The number of pyridine rings is 2. The average molecular weight is 372 g/mol. The van der Waals surface area contributed by atoms with Crippen molar-refractivity contribution in [3.05, 3.63) is 72.9 Å². The van der Waals surface area contributed by atoms with E-state index < -0.39 is 5.91 Å². The van der Waals surface area contributed by atoms with Crippen molar-refractivity contribution in [3.63, 3.8) is 0 Å². The molecule has 9 heteroatoms. The van der Waals surface area contributed by atoms with E-state index in [0.717, 1.165) is 16.6 Å². The van der Waals surface area contributed by atoms with Crippen molar-refractivity contribution < 1.29 is 4.79 Å². The Morgan fingerprint density at radius 3 is 2.57 bits per heavy atom.